The lowest BCUT2D eigenvalue weighted by Gasteiger charge is -2.57. The lowest BCUT2D eigenvalue weighted by molar-refractivity contribution is -0.135. The molecule has 1 unspecified atom stereocenters. The molecular weight excluding hydrogens is 455 g/mol. The van der Waals surface area contributed by atoms with Crippen molar-refractivity contribution in [2.75, 3.05) is 13.1 Å². The van der Waals surface area contributed by atoms with Crippen LogP contribution in [-0.4, -0.2) is 51.0 Å². The molecule has 1 aliphatic heterocycles. The fourth-order valence-electron chi connectivity index (χ4n) is 7.94. The molecule has 0 spiro atoms. The zero-order chi connectivity index (χ0) is 25.0. The Kier molecular flexibility index (Phi) is 5.84. The highest BCUT2D eigenvalue weighted by atomic mass is 19.1. The molecule has 4 saturated carbocycles. The van der Waals surface area contributed by atoms with E-state index in [9.17, 15) is 14.0 Å². The van der Waals surface area contributed by atoms with Gasteiger partial charge in [-0.15, -0.1) is 0 Å². The van der Waals surface area contributed by atoms with Gasteiger partial charge in [0.15, 0.2) is 0 Å². The first-order chi connectivity index (χ1) is 17.3. The number of carbonyl (C=O) groups is 2. The zero-order valence-corrected chi connectivity index (χ0v) is 21.3. The molecule has 3 amide bonds. The van der Waals surface area contributed by atoms with Gasteiger partial charge in [-0.25, -0.2) is 9.18 Å². The van der Waals surface area contributed by atoms with E-state index in [0.717, 1.165) is 48.3 Å². The Morgan fingerprint density at radius 1 is 1.03 bits per heavy atom. The zero-order valence-electron chi connectivity index (χ0n) is 21.3. The van der Waals surface area contributed by atoms with E-state index in [1.807, 2.05) is 37.1 Å². The topological polar surface area (TPSA) is 57.6 Å². The normalized spacial score (nSPS) is 30.4. The van der Waals surface area contributed by atoms with Gasteiger partial charge in [-0.2, -0.15) is 0 Å². The highest BCUT2D eigenvalue weighted by Crippen LogP contribution is 2.55. The van der Waals surface area contributed by atoms with E-state index in [2.05, 4.69) is 9.88 Å². The Bertz CT molecular complexity index is 1110. The number of aromatic nitrogens is 1. The van der Waals surface area contributed by atoms with E-state index >= 15 is 0 Å². The summed E-state index contributed by atoms with van der Waals surface area (Å²) in [6.07, 6.45) is 9.24. The van der Waals surface area contributed by atoms with Gasteiger partial charge >= 0.3 is 6.03 Å². The van der Waals surface area contributed by atoms with Gasteiger partial charge in [0.05, 0.1) is 6.04 Å². The number of hydrogen-bond donors (Lipinski definition) is 1. The maximum absolute atomic E-state index is 13.8. The first kappa shape index (κ1) is 23.6. The second-order valence-corrected chi connectivity index (χ2v) is 12.0. The number of halogens is 1. The summed E-state index contributed by atoms with van der Waals surface area (Å²) in [5.41, 5.74) is 1.79. The largest absolute Gasteiger partial charge is 0.348 e. The van der Waals surface area contributed by atoms with Gasteiger partial charge < -0.3 is 19.7 Å². The van der Waals surface area contributed by atoms with Crippen molar-refractivity contribution in [1.82, 2.24) is 19.7 Å². The van der Waals surface area contributed by atoms with Crippen LogP contribution in [0, 0.1) is 23.6 Å². The Morgan fingerprint density at radius 3 is 2.28 bits per heavy atom. The van der Waals surface area contributed by atoms with Crippen molar-refractivity contribution >= 4 is 11.9 Å². The summed E-state index contributed by atoms with van der Waals surface area (Å²) in [5.74, 6) is 1.85. The third-order valence-corrected chi connectivity index (χ3v) is 9.14. The maximum atomic E-state index is 13.8. The van der Waals surface area contributed by atoms with Crippen LogP contribution in [0.2, 0.25) is 0 Å². The van der Waals surface area contributed by atoms with Gasteiger partial charge in [0.25, 0.3) is 0 Å². The molecule has 4 aliphatic carbocycles. The van der Waals surface area contributed by atoms with Crippen molar-refractivity contribution in [3.63, 3.8) is 0 Å². The molecule has 36 heavy (non-hydrogen) atoms. The van der Waals surface area contributed by atoms with E-state index in [1.54, 1.807) is 17.0 Å². The molecule has 192 valence electrons. The minimum Gasteiger partial charge on any atom is -0.348 e. The average molecular weight is 493 g/mol. The molecule has 1 aromatic carbocycles. The van der Waals surface area contributed by atoms with Crippen LogP contribution in [0.4, 0.5) is 9.18 Å². The van der Waals surface area contributed by atoms with Crippen molar-refractivity contribution in [1.29, 1.82) is 0 Å². The number of fused-ring (bicyclic) bond motifs is 1. The summed E-state index contributed by atoms with van der Waals surface area (Å²) in [7, 11) is 0. The van der Waals surface area contributed by atoms with Crippen LogP contribution in [0.25, 0.3) is 0 Å². The van der Waals surface area contributed by atoms with E-state index in [-0.39, 0.29) is 41.9 Å². The molecule has 4 bridgehead atoms. The number of hydrogen-bond acceptors (Lipinski definition) is 2. The second-order valence-electron chi connectivity index (χ2n) is 12.0. The van der Waals surface area contributed by atoms with Crippen LogP contribution >= 0.6 is 0 Å². The lowest BCUT2D eigenvalue weighted by atomic mass is 9.53. The van der Waals surface area contributed by atoms with E-state index in [0.29, 0.717) is 13.1 Å². The molecule has 1 aromatic heterocycles. The predicted octanol–water partition coefficient (Wildman–Crippen LogP) is 4.95. The van der Waals surface area contributed by atoms with E-state index < -0.39 is 0 Å². The number of amides is 3. The number of nitrogens with zero attached hydrogens (tertiary/aromatic N) is 3. The Balaban J connectivity index is 1.21. The number of benzene rings is 1. The quantitative estimate of drug-likeness (QED) is 0.642. The van der Waals surface area contributed by atoms with Gasteiger partial charge in [0.1, 0.15) is 12.4 Å². The van der Waals surface area contributed by atoms with E-state index in [1.165, 1.54) is 31.4 Å². The molecule has 2 heterocycles. The molecule has 7 heteroatoms. The van der Waals surface area contributed by atoms with Crippen LogP contribution in [0.1, 0.15) is 69.7 Å². The molecular formula is C29H37FN4O2. The molecule has 1 N–H and O–H groups in total. The maximum Gasteiger partial charge on any atom is 0.318 e. The van der Waals surface area contributed by atoms with Gasteiger partial charge in [-0.1, -0.05) is 12.1 Å². The summed E-state index contributed by atoms with van der Waals surface area (Å²) < 4.78 is 15.8. The summed E-state index contributed by atoms with van der Waals surface area (Å²) >= 11 is 0. The van der Waals surface area contributed by atoms with Crippen molar-refractivity contribution in [2.45, 2.75) is 76.5 Å². The Labute approximate surface area is 212 Å². The van der Waals surface area contributed by atoms with Crippen molar-refractivity contribution in [2.24, 2.45) is 17.8 Å². The lowest BCUT2D eigenvalue weighted by Crippen LogP contribution is -2.63. The minimum atomic E-state index is -0.304. The number of nitrogens with one attached hydrogen (secondary N) is 1. The molecule has 1 atom stereocenters. The Hall–Kier alpha value is -2.83. The SMILES string of the molecule is CC(C)N(CC(=O)N1CCn2cccc2C1c1ccc(F)cc1)C(=O)NC12CC3CC(CC(C3)C1)C2. The average Bonchev–Trinajstić information content (AvgIpc) is 3.30. The molecule has 0 saturated heterocycles. The number of rotatable bonds is 5. The molecule has 4 fully saturated rings. The molecule has 7 rings (SSSR count). The monoisotopic (exact) mass is 492 g/mol. The number of carbonyl (C=O) groups excluding carboxylic acids is 2. The van der Waals surface area contributed by atoms with Crippen molar-refractivity contribution in [3.8, 4) is 0 Å². The van der Waals surface area contributed by atoms with Gasteiger partial charge in [0.2, 0.25) is 5.91 Å². The van der Waals surface area contributed by atoms with Gasteiger partial charge in [-0.05, 0) is 100.0 Å². The van der Waals surface area contributed by atoms with Gasteiger partial charge in [0, 0.05) is 36.6 Å². The van der Waals surface area contributed by atoms with Crippen LogP contribution in [0.3, 0.4) is 0 Å². The fourth-order valence-corrected chi connectivity index (χ4v) is 7.94. The highest BCUT2D eigenvalue weighted by Gasteiger charge is 2.52. The second kappa shape index (κ2) is 8.93. The third-order valence-electron chi connectivity index (χ3n) is 9.14. The summed E-state index contributed by atoms with van der Waals surface area (Å²) in [6.45, 7) is 5.24. The van der Waals surface area contributed by atoms with Crippen molar-refractivity contribution < 1.29 is 14.0 Å². The van der Waals surface area contributed by atoms with Gasteiger partial charge in [-0.3, -0.25) is 4.79 Å². The highest BCUT2D eigenvalue weighted by molar-refractivity contribution is 5.85. The van der Waals surface area contributed by atoms with Crippen LogP contribution < -0.4 is 5.32 Å². The molecule has 0 radical (unpaired) electrons. The van der Waals surface area contributed by atoms with Crippen LogP contribution in [0.5, 0.6) is 0 Å². The molecule has 2 aromatic rings. The summed E-state index contributed by atoms with van der Waals surface area (Å²) in [4.78, 5) is 31.0. The van der Waals surface area contributed by atoms with Crippen LogP contribution in [-0.2, 0) is 11.3 Å². The number of urea groups is 1. The summed E-state index contributed by atoms with van der Waals surface area (Å²) in [6, 6.07) is 9.89. The minimum absolute atomic E-state index is 0.0360. The third kappa shape index (κ3) is 4.20. The summed E-state index contributed by atoms with van der Waals surface area (Å²) in [5, 5.41) is 3.45. The standard InChI is InChI=1S/C29H37FN4O2/c1-19(2)34(28(36)31-29-15-20-12-21(16-29)14-22(13-20)17-29)18-26(35)33-11-10-32-9-3-4-25(32)27(33)23-5-7-24(30)8-6-23/h3-9,19-22,27H,10-18H2,1-2H3,(H,31,36). The smallest absolute Gasteiger partial charge is 0.318 e. The van der Waals surface area contributed by atoms with E-state index in [4.69, 9.17) is 0 Å². The van der Waals surface area contributed by atoms with Crippen molar-refractivity contribution in [3.05, 3.63) is 59.7 Å². The first-order valence-electron chi connectivity index (χ1n) is 13.6. The molecule has 6 nitrogen and oxygen atoms in total. The first-order valence-corrected chi connectivity index (χ1v) is 13.6. The fraction of sp³-hybridized carbons (Fsp3) is 0.586. The predicted molar refractivity (Wildman–Crippen MR) is 136 cm³/mol. The molecule has 5 aliphatic rings. The Morgan fingerprint density at radius 2 is 1.67 bits per heavy atom. The van der Waals surface area contributed by atoms with Crippen LogP contribution in [0.15, 0.2) is 42.6 Å².